The van der Waals surface area contributed by atoms with E-state index in [1.54, 1.807) is 13.0 Å². The van der Waals surface area contributed by atoms with Gasteiger partial charge in [0.05, 0.1) is 12.6 Å². The molecule has 0 aromatic heterocycles. The predicted molar refractivity (Wildman–Crippen MR) is 80.4 cm³/mol. The van der Waals surface area contributed by atoms with Crippen LogP contribution in [-0.2, 0) is 9.59 Å². The molecule has 116 valence electrons. The van der Waals surface area contributed by atoms with Gasteiger partial charge in [-0.15, -0.1) is 0 Å². The molecule has 0 aliphatic carbocycles. The molecular formula is C15H22FN3O2. The lowest BCUT2D eigenvalue weighted by Gasteiger charge is -2.23. The first-order chi connectivity index (χ1) is 9.67. The number of halogens is 1. The van der Waals surface area contributed by atoms with Gasteiger partial charge in [-0.1, -0.05) is 6.07 Å². The highest BCUT2D eigenvalue weighted by atomic mass is 19.1. The molecule has 0 saturated heterocycles. The first kappa shape index (κ1) is 17.1. The van der Waals surface area contributed by atoms with Gasteiger partial charge < -0.3 is 10.6 Å². The van der Waals surface area contributed by atoms with Crippen molar-refractivity contribution in [3.63, 3.8) is 0 Å². The van der Waals surface area contributed by atoms with Gasteiger partial charge in [0.2, 0.25) is 11.8 Å². The van der Waals surface area contributed by atoms with Crippen LogP contribution in [0.5, 0.6) is 0 Å². The van der Waals surface area contributed by atoms with Crippen LogP contribution in [0.25, 0.3) is 0 Å². The molecule has 0 bridgehead atoms. The Bertz CT molecular complexity index is 512. The highest BCUT2D eigenvalue weighted by Crippen LogP contribution is 2.08. The van der Waals surface area contributed by atoms with Crippen LogP contribution in [-0.4, -0.2) is 29.9 Å². The first-order valence-corrected chi connectivity index (χ1v) is 6.78. The maximum atomic E-state index is 13.0. The summed E-state index contributed by atoms with van der Waals surface area (Å²) in [6.45, 7) is 7.29. The number of amides is 2. The molecule has 0 radical (unpaired) electrons. The fourth-order valence-corrected chi connectivity index (χ4v) is 1.59. The van der Waals surface area contributed by atoms with Crippen molar-refractivity contribution in [1.82, 2.24) is 10.6 Å². The average molecular weight is 295 g/mol. The Hall–Kier alpha value is -1.95. The molecule has 1 aromatic carbocycles. The summed E-state index contributed by atoms with van der Waals surface area (Å²) < 4.78 is 13.0. The van der Waals surface area contributed by atoms with E-state index < -0.39 is 11.9 Å². The van der Waals surface area contributed by atoms with Gasteiger partial charge in [0.1, 0.15) is 5.82 Å². The average Bonchev–Trinajstić information content (AvgIpc) is 2.33. The minimum Gasteiger partial charge on any atom is -0.350 e. The lowest BCUT2D eigenvalue weighted by molar-refractivity contribution is -0.124. The van der Waals surface area contributed by atoms with Gasteiger partial charge >= 0.3 is 0 Å². The van der Waals surface area contributed by atoms with Crippen molar-refractivity contribution in [2.24, 2.45) is 0 Å². The van der Waals surface area contributed by atoms with Crippen LogP contribution < -0.4 is 16.0 Å². The number of anilines is 1. The minimum absolute atomic E-state index is 0.0325. The largest absolute Gasteiger partial charge is 0.350 e. The van der Waals surface area contributed by atoms with Gasteiger partial charge in [-0.25, -0.2) is 4.39 Å². The van der Waals surface area contributed by atoms with Crippen LogP contribution in [0.15, 0.2) is 24.3 Å². The molecule has 0 aliphatic heterocycles. The molecule has 0 heterocycles. The first-order valence-electron chi connectivity index (χ1n) is 6.78. The molecule has 0 spiro atoms. The third-order valence-corrected chi connectivity index (χ3v) is 2.57. The second-order valence-electron chi connectivity index (χ2n) is 5.90. The van der Waals surface area contributed by atoms with E-state index in [1.165, 1.54) is 18.2 Å². The lowest BCUT2D eigenvalue weighted by Crippen LogP contribution is -2.50. The van der Waals surface area contributed by atoms with Crippen LogP contribution in [0, 0.1) is 5.82 Å². The van der Waals surface area contributed by atoms with Crippen LogP contribution in [0.2, 0.25) is 0 Å². The summed E-state index contributed by atoms with van der Waals surface area (Å²) in [6, 6.07) is 5.14. The quantitative estimate of drug-likeness (QED) is 0.773. The third-order valence-electron chi connectivity index (χ3n) is 2.57. The second-order valence-corrected chi connectivity index (χ2v) is 5.90. The number of nitrogens with one attached hydrogen (secondary N) is 3. The summed E-state index contributed by atoms with van der Waals surface area (Å²) in [6.07, 6.45) is 0. The van der Waals surface area contributed by atoms with Gasteiger partial charge in [0.15, 0.2) is 0 Å². The van der Waals surface area contributed by atoms with Crippen molar-refractivity contribution in [3.05, 3.63) is 30.1 Å². The smallest absolute Gasteiger partial charge is 0.238 e. The SMILES string of the molecule is CC(NCC(=O)Nc1cccc(F)c1)C(=O)NC(C)(C)C. The molecule has 6 heteroatoms. The summed E-state index contributed by atoms with van der Waals surface area (Å²) >= 11 is 0. The Morgan fingerprint density at radius 1 is 1.29 bits per heavy atom. The molecule has 0 aliphatic rings. The van der Waals surface area contributed by atoms with Crippen molar-refractivity contribution in [3.8, 4) is 0 Å². The van der Waals surface area contributed by atoms with Crippen LogP contribution in [0.4, 0.5) is 10.1 Å². The molecule has 0 saturated carbocycles. The van der Waals surface area contributed by atoms with Gasteiger partial charge in [0.25, 0.3) is 0 Å². The van der Waals surface area contributed by atoms with Crippen LogP contribution in [0.3, 0.4) is 0 Å². The molecule has 0 fully saturated rings. The van der Waals surface area contributed by atoms with Crippen LogP contribution >= 0.6 is 0 Å². The summed E-state index contributed by atoms with van der Waals surface area (Å²) in [5.41, 5.74) is 0.0604. The number of carbonyl (C=O) groups is 2. The number of hydrogen-bond acceptors (Lipinski definition) is 3. The van der Waals surface area contributed by atoms with Gasteiger partial charge in [-0.3, -0.25) is 14.9 Å². The fourth-order valence-electron chi connectivity index (χ4n) is 1.59. The van der Waals surface area contributed by atoms with Gasteiger partial charge in [0, 0.05) is 11.2 Å². The number of carbonyl (C=O) groups excluding carboxylic acids is 2. The molecule has 21 heavy (non-hydrogen) atoms. The molecule has 1 atom stereocenters. The van der Waals surface area contributed by atoms with Crippen molar-refractivity contribution in [2.75, 3.05) is 11.9 Å². The van der Waals surface area contributed by atoms with Gasteiger partial charge in [-0.2, -0.15) is 0 Å². The number of rotatable bonds is 5. The molecule has 1 rings (SSSR count). The Kier molecular flexibility index (Phi) is 5.84. The lowest BCUT2D eigenvalue weighted by atomic mass is 10.1. The zero-order valence-electron chi connectivity index (χ0n) is 12.8. The monoisotopic (exact) mass is 295 g/mol. The molecule has 1 unspecified atom stereocenters. The third kappa shape index (κ3) is 6.85. The van der Waals surface area contributed by atoms with E-state index in [4.69, 9.17) is 0 Å². The number of benzene rings is 1. The fraction of sp³-hybridized carbons (Fsp3) is 0.467. The van der Waals surface area contributed by atoms with Crippen molar-refractivity contribution in [1.29, 1.82) is 0 Å². The second kappa shape index (κ2) is 7.17. The van der Waals surface area contributed by atoms with E-state index in [9.17, 15) is 14.0 Å². The minimum atomic E-state index is -0.498. The zero-order valence-corrected chi connectivity index (χ0v) is 12.8. The van der Waals surface area contributed by atoms with Gasteiger partial charge in [-0.05, 0) is 45.9 Å². The van der Waals surface area contributed by atoms with E-state index in [0.29, 0.717) is 5.69 Å². The van der Waals surface area contributed by atoms with Crippen molar-refractivity contribution in [2.45, 2.75) is 39.3 Å². The van der Waals surface area contributed by atoms with E-state index in [-0.39, 0.29) is 23.9 Å². The summed E-state index contributed by atoms with van der Waals surface area (Å²) in [5, 5.41) is 8.19. The predicted octanol–water partition coefficient (Wildman–Crippen LogP) is 1.66. The maximum Gasteiger partial charge on any atom is 0.238 e. The molecule has 2 amide bonds. The summed E-state index contributed by atoms with van der Waals surface area (Å²) in [7, 11) is 0. The van der Waals surface area contributed by atoms with Crippen LogP contribution in [0.1, 0.15) is 27.7 Å². The Labute approximate surface area is 124 Å². The maximum absolute atomic E-state index is 13.0. The highest BCUT2D eigenvalue weighted by Gasteiger charge is 2.19. The van der Waals surface area contributed by atoms with E-state index >= 15 is 0 Å². The molecule has 3 N–H and O–H groups in total. The highest BCUT2D eigenvalue weighted by molar-refractivity contribution is 5.92. The van der Waals surface area contributed by atoms with E-state index in [2.05, 4.69) is 16.0 Å². The molecule has 1 aromatic rings. The topological polar surface area (TPSA) is 70.2 Å². The van der Waals surface area contributed by atoms with Crippen molar-refractivity contribution >= 4 is 17.5 Å². The van der Waals surface area contributed by atoms with Crippen molar-refractivity contribution < 1.29 is 14.0 Å². The Morgan fingerprint density at radius 2 is 1.95 bits per heavy atom. The molecule has 5 nitrogen and oxygen atoms in total. The number of hydrogen-bond donors (Lipinski definition) is 3. The molecular weight excluding hydrogens is 273 g/mol. The standard InChI is InChI=1S/C15H22FN3O2/c1-10(14(21)19-15(2,3)4)17-9-13(20)18-12-7-5-6-11(16)8-12/h5-8,10,17H,9H2,1-4H3,(H,18,20)(H,19,21). The van der Waals surface area contributed by atoms with E-state index in [0.717, 1.165) is 0 Å². The normalized spacial score (nSPS) is 12.6. The Morgan fingerprint density at radius 3 is 2.52 bits per heavy atom. The summed E-state index contributed by atoms with van der Waals surface area (Å²) in [5.74, 6) is -0.934. The zero-order chi connectivity index (χ0) is 16.0. The van der Waals surface area contributed by atoms with E-state index in [1.807, 2.05) is 20.8 Å². The Balaban J connectivity index is 2.41. The summed E-state index contributed by atoms with van der Waals surface area (Å²) in [4.78, 5) is 23.5.